The van der Waals surface area contributed by atoms with E-state index in [9.17, 15) is 19.5 Å². The average Bonchev–Trinajstić information content (AvgIpc) is 3.18. The molecular formula is C18H13ClN2O5S2. The van der Waals surface area contributed by atoms with E-state index in [4.69, 9.17) is 34.0 Å². The van der Waals surface area contributed by atoms with Gasteiger partial charge in [-0.1, -0.05) is 47.7 Å². The predicted molar refractivity (Wildman–Crippen MR) is 109 cm³/mol. The van der Waals surface area contributed by atoms with Crippen molar-refractivity contribution in [3.05, 3.63) is 52.1 Å². The largest absolute Gasteiger partial charge is 0.480 e. The third-order valence-electron chi connectivity index (χ3n) is 3.82. The summed E-state index contributed by atoms with van der Waals surface area (Å²) in [6, 6.07) is 9.04. The monoisotopic (exact) mass is 436 g/mol. The number of carbonyl (C=O) groups excluding carboxylic acids is 2. The number of primary amides is 1. The van der Waals surface area contributed by atoms with Gasteiger partial charge in [0.05, 0.1) is 11.3 Å². The first-order chi connectivity index (χ1) is 13.3. The first-order valence-electron chi connectivity index (χ1n) is 7.90. The Balaban J connectivity index is 1.86. The number of thioether (sulfide) groups is 1. The SMILES string of the molecule is NC(=O)CC(C(=O)O)N1C(=O)/C(=C\c2ccc(-c3cccc(Cl)c3)o2)SC1=S. The van der Waals surface area contributed by atoms with Crippen molar-refractivity contribution in [3.8, 4) is 11.3 Å². The summed E-state index contributed by atoms with van der Waals surface area (Å²) in [5, 5.41) is 9.89. The van der Waals surface area contributed by atoms with Gasteiger partial charge in [-0.05, 0) is 24.3 Å². The zero-order valence-corrected chi connectivity index (χ0v) is 16.5. The van der Waals surface area contributed by atoms with Gasteiger partial charge in [0.15, 0.2) is 0 Å². The Bertz CT molecular complexity index is 1020. The van der Waals surface area contributed by atoms with E-state index in [-0.39, 0.29) is 9.23 Å². The fourth-order valence-corrected chi connectivity index (χ4v) is 4.11. The smallest absolute Gasteiger partial charge is 0.327 e. The Labute approximate surface area is 174 Å². The van der Waals surface area contributed by atoms with Crippen LogP contribution in [-0.2, 0) is 14.4 Å². The van der Waals surface area contributed by atoms with Crippen LogP contribution in [-0.4, -0.2) is 38.2 Å². The molecule has 0 saturated carbocycles. The molecule has 3 rings (SSSR count). The molecule has 144 valence electrons. The van der Waals surface area contributed by atoms with Crippen molar-refractivity contribution in [2.24, 2.45) is 5.73 Å². The van der Waals surface area contributed by atoms with Crippen LogP contribution in [0.15, 0.2) is 45.7 Å². The maximum atomic E-state index is 12.6. The lowest BCUT2D eigenvalue weighted by molar-refractivity contribution is -0.146. The van der Waals surface area contributed by atoms with Crippen LogP contribution in [0.3, 0.4) is 0 Å². The fraction of sp³-hybridized carbons (Fsp3) is 0.111. The van der Waals surface area contributed by atoms with Crippen molar-refractivity contribution in [2.75, 3.05) is 0 Å². The van der Waals surface area contributed by atoms with Gasteiger partial charge in [-0.2, -0.15) is 0 Å². The summed E-state index contributed by atoms with van der Waals surface area (Å²) in [6.45, 7) is 0. The summed E-state index contributed by atoms with van der Waals surface area (Å²) in [7, 11) is 0. The molecule has 0 bridgehead atoms. The van der Waals surface area contributed by atoms with Gasteiger partial charge in [-0.25, -0.2) is 4.79 Å². The van der Waals surface area contributed by atoms with E-state index >= 15 is 0 Å². The van der Waals surface area contributed by atoms with Crippen molar-refractivity contribution >= 4 is 63.8 Å². The van der Waals surface area contributed by atoms with E-state index in [0.29, 0.717) is 16.5 Å². The molecule has 7 nitrogen and oxygen atoms in total. The number of carbonyl (C=O) groups is 3. The van der Waals surface area contributed by atoms with Crippen molar-refractivity contribution in [1.29, 1.82) is 0 Å². The lowest BCUT2D eigenvalue weighted by Crippen LogP contribution is -2.46. The molecule has 1 aromatic heterocycles. The number of hydrogen-bond donors (Lipinski definition) is 2. The quantitative estimate of drug-likeness (QED) is 0.528. The molecule has 1 aliphatic heterocycles. The second-order valence-corrected chi connectivity index (χ2v) is 7.90. The molecule has 10 heteroatoms. The van der Waals surface area contributed by atoms with Crippen LogP contribution in [0.2, 0.25) is 5.02 Å². The second kappa shape index (κ2) is 8.17. The highest BCUT2D eigenvalue weighted by Gasteiger charge is 2.41. The van der Waals surface area contributed by atoms with E-state index in [2.05, 4.69) is 0 Å². The van der Waals surface area contributed by atoms with Gasteiger partial charge in [-0.3, -0.25) is 14.5 Å². The van der Waals surface area contributed by atoms with Gasteiger partial charge in [0.25, 0.3) is 5.91 Å². The van der Waals surface area contributed by atoms with Crippen LogP contribution in [0.4, 0.5) is 0 Å². The molecular weight excluding hydrogens is 424 g/mol. The number of nitrogens with zero attached hydrogens (tertiary/aromatic N) is 1. The number of carboxylic acids is 1. The molecule has 1 fully saturated rings. The maximum absolute atomic E-state index is 12.6. The molecule has 0 aliphatic carbocycles. The summed E-state index contributed by atoms with van der Waals surface area (Å²) >= 11 is 12.0. The van der Waals surface area contributed by atoms with Gasteiger partial charge in [0.1, 0.15) is 21.9 Å². The average molecular weight is 437 g/mol. The number of nitrogens with two attached hydrogens (primary N) is 1. The third-order valence-corrected chi connectivity index (χ3v) is 5.39. The molecule has 3 N–H and O–H groups in total. The third kappa shape index (κ3) is 4.27. The molecule has 2 amide bonds. The summed E-state index contributed by atoms with van der Waals surface area (Å²) < 4.78 is 5.76. The van der Waals surface area contributed by atoms with Gasteiger partial charge in [0.2, 0.25) is 5.91 Å². The van der Waals surface area contributed by atoms with Crippen molar-refractivity contribution in [2.45, 2.75) is 12.5 Å². The Hall–Kier alpha value is -2.62. The first-order valence-corrected chi connectivity index (χ1v) is 9.50. The second-order valence-electron chi connectivity index (χ2n) is 5.79. The van der Waals surface area contributed by atoms with Gasteiger partial charge in [0, 0.05) is 16.7 Å². The van der Waals surface area contributed by atoms with E-state index in [1.807, 2.05) is 6.07 Å². The minimum absolute atomic E-state index is 0.0338. The zero-order chi connectivity index (χ0) is 20.4. The number of aliphatic carboxylic acids is 1. The van der Waals surface area contributed by atoms with E-state index in [1.54, 1.807) is 30.3 Å². The van der Waals surface area contributed by atoms with E-state index < -0.39 is 30.2 Å². The molecule has 1 saturated heterocycles. The minimum atomic E-state index is -1.45. The summed E-state index contributed by atoms with van der Waals surface area (Å²) in [5.41, 5.74) is 5.86. The summed E-state index contributed by atoms with van der Waals surface area (Å²) in [6.07, 6.45) is 0.936. The molecule has 1 aliphatic rings. The van der Waals surface area contributed by atoms with Crippen LogP contribution in [0.1, 0.15) is 12.2 Å². The van der Waals surface area contributed by atoms with Crippen LogP contribution in [0.5, 0.6) is 0 Å². The standard InChI is InChI=1S/C18H13ClN2O5S2/c19-10-3-1-2-9(6-10)13-5-4-11(26-13)7-14-16(23)21(18(27)28-14)12(17(24)25)8-15(20)22/h1-7,12H,8H2,(H2,20,22)(H,24,25)/b14-7+. The number of thiocarbonyl (C=S) groups is 1. The highest BCUT2D eigenvalue weighted by Crippen LogP contribution is 2.35. The minimum Gasteiger partial charge on any atom is -0.480 e. The molecule has 1 aromatic carbocycles. The topological polar surface area (TPSA) is 114 Å². The van der Waals surface area contributed by atoms with Crippen LogP contribution >= 0.6 is 35.6 Å². The van der Waals surface area contributed by atoms with Crippen LogP contribution in [0.25, 0.3) is 17.4 Å². The van der Waals surface area contributed by atoms with Crippen molar-refractivity contribution in [3.63, 3.8) is 0 Å². The molecule has 0 spiro atoms. The Morgan fingerprint density at radius 3 is 2.75 bits per heavy atom. The number of rotatable bonds is 6. The van der Waals surface area contributed by atoms with Gasteiger partial charge >= 0.3 is 5.97 Å². The zero-order valence-electron chi connectivity index (χ0n) is 14.1. The number of benzene rings is 1. The number of hydrogen-bond acceptors (Lipinski definition) is 6. The van der Waals surface area contributed by atoms with Crippen molar-refractivity contribution < 1.29 is 23.9 Å². The molecule has 1 atom stereocenters. The lowest BCUT2D eigenvalue weighted by Gasteiger charge is -2.21. The molecule has 1 unspecified atom stereocenters. The Morgan fingerprint density at radius 1 is 1.36 bits per heavy atom. The first kappa shape index (κ1) is 20.1. The van der Waals surface area contributed by atoms with Gasteiger partial charge in [-0.15, -0.1) is 0 Å². The Kier molecular flexibility index (Phi) is 5.87. The molecule has 2 heterocycles. The lowest BCUT2D eigenvalue weighted by atomic mass is 10.1. The highest BCUT2D eigenvalue weighted by atomic mass is 35.5. The van der Waals surface area contributed by atoms with Crippen LogP contribution < -0.4 is 5.73 Å². The number of amides is 2. The number of halogens is 1. The summed E-state index contributed by atoms with van der Waals surface area (Å²) in [4.78, 5) is 36.3. The van der Waals surface area contributed by atoms with Crippen molar-refractivity contribution in [1.82, 2.24) is 4.90 Å². The maximum Gasteiger partial charge on any atom is 0.327 e. The number of carboxylic acid groups (broad SMARTS) is 1. The normalized spacial score (nSPS) is 16.6. The summed E-state index contributed by atoms with van der Waals surface area (Å²) in [5.74, 6) is -1.89. The van der Waals surface area contributed by atoms with E-state index in [0.717, 1.165) is 22.2 Å². The molecule has 0 radical (unpaired) electrons. The van der Waals surface area contributed by atoms with Crippen LogP contribution in [0, 0.1) is 0 Å². The molecule has 28 heavy (non-hydrogen) atoms. The number of furan rings is 1. The fourth-order valence-electron chi connectivity index (χ4n) is 2.58. The predicted octanol–water partition coefficient (Wildman–Crippen LogP) is 3.13. The van der Waals surface area contributed by atoms with Gasteiger partial charge < -0.3 is 15.3 Å². The molecule has 2 aromatic rings. The van der Waals surface area contributed by atoms with E-state index in [1.165, 1.54) is 6.08 Å². The highest BCUT2D eigenvalue weighted by molar-refractivity contribution is 8.26. The Morgan fingerprint density at radius 2 is 2.11 bits per heavy atom.